The molecule has 1 heterocycles. The van der Waals surface area contributed by atoms with E-state index < -0.39 is 54.0 Å². The summed E-state index contributed by atoms with van der Waals surface area (Å²) in [5.41, 5.74) is 6.53. The van der Waals surface area contributed by atoms with Gasteiger partial charge in [-0.3, -0.25) is 14.4 Å². The maximum Gasteiger partial charge on any atom is 0.328 e. The number of aliphatic carboxylic acids is 1. The normalized spacial score (nSPS) is 15.7. The Labute approximate surface area is 195 Å². The van der Waals surface area contributed by atoms with Crippen molar-refractivity contribution in [2.75, 3.05) is 17.8 Å². The fourth-order valence-electron chi connectivity index (χ4n) is 2.62. The van der Waals surface area contributed by atoms with Gasteiger partial charge in [0, 0.05) is 24.1 Å². The van der Waals surface area contributed by atoms with E-state index in [2.05, 4.69) is 38.5 Å². The molecular weight excluding hydrogens is 460 g/mol. The third-order valence-corrected chi connectivity index (χ3v) is 5.45. The minimum absolute atomic E-state index is 0.0589. The van der Waals surface area contributed by atoms with E-state index in [1.54, 1.807) is 0 Å². The number of imidazole rings is 1. The predicted octanol–water partition coefficient (Wildman–Crippen LogP) is -2.12. The molecule has 0 saturated carbocycles. The molecule has 1 aromatic heterocycles. The number of aliphatic hydroxyl groups excluding tert-OH is 1. The molecule has 5 atom stereocenters. The largest absolute Gasteiger partial charge is 0.480 e. The van der Waals surface area contributed by atoms with Crippen molar-refractivity contribution >= 4 is 48.1 Å². The zero-order valence-corrected chi connectivity index (χ0v) is 19.5. The van der Waals surface area contributed by atoms with Crippen molar-refractivity contribution in [2.45, 2.75) is 50.0 Å². The lowest BCUT2D eigenvalue weighted by atomic mass is 10.1. The summed E-state index contributed by atoms with van der Waals surface area (Å²) >= 11 is 5.52. The molecule has 180 valence electrons. The zero-order chi connectivity index (χ0) is 24.3. The van der Waals surface area contributed by atoms with Crippen LogP contribution in [0, 0.1) is 0 Å². The molecule has 32 heavy (non-hydrogen) atoms. The Morgan fingerprint density at radius 3 is 2.31 bits per heavy atom. The first-order chi connectivity index (χ1) is 15.1. The number of carbonyl (C=O) groups excluding carboxylic acids is 3. The number of carboxylic acid groups (broad SMARTS) is 1. The number of hydrogen-bond acceptors (Lipinski definition) is 9. The fraction of sp³-hybridized carbons (Fsp3) is 0.611. The number of aromatic amines is 1. The number of aromatic nitrogens is 2. The smallest absolute Gasteiger partial charge is 0.328 e. The topological polar surface area (TPSA) is 200 Å². The van der Waals surface area contributed by atoms with Gasteiger partial charge < -0.3 is 36.9 Å². The van der Waals surface area contributed by atoms with E-state index in [1.165, 1.54) is 31.2 Å². The summed E-state index contributed by atoms with van der Waals surface area (Å²) in [6.07, 6.45) is 3.84. The van der Waals surface area contributed by atoms with Gasteiger partial charge in [-0.05, 0) is 25.4 Å². The van der Waals surface area contributed by atoms with E-state index in [1.807, 2.05) is 6.26 Å². The monoisotopic (exact) mass is 490 g/mol. The first-order valence-corrected chi connectivity index (χ1v) is 11.8. The number of thioether (sulfide) groups is 1. The van der Waals surface area contributed by atoms with Crippen LogP contribution in [0.1, 0.15) is 19.0 Å². The summed E-state index contributed by atoms with van der Waals surface area (Å²) in [5, 5.41) is 26.0. The summed E-state index contributed by atoms with van der Waals surface area (Å²) in [4.78, 5) is 55.6. The van der Waals surface area contributed by atoms with E-state index in [4.69, 9.17) is 10.8 Å². The van der Waals surface area contributed by atoms with Gasteiger partial charge in [-0.25, -0.2) is 9.78 Å². The fourth-order valence-corrected chi connectivity index (χ4v) is 3.35. The van der Waals surface area contributed by atoms with Gasteiger partial charge in [-0.15, -0.1) is 0 Å². The Morgan fingerprint density at radius 1 is 1.19 bits per heavy atom. The van der Waals surface area contributed by atoms with E-state index in [0.717, 1.165) is 0 Å². The highest BCUT2D eigenvalue weighted by molar-refractivity contribution is 7.98. The van der Waals surface area contributed by atoms with Gasteiger partial charge in [0.25, 0.3) is 0 Å². The number of nitrogens with one attached hydrogen (secondary N) is 4. The van der Waals surface area contributed by atoms with E-state index >= 15 is 0 Å². The number of carboxylic acids is 1. The molecule has 0 bridgehead atoms. The Balaban J connectivity index is 2.79. The second-order valence-electron chi connectivity index (χ2n) is 7.04. The number of carbonyl (C=O) groups is 4. The van der Waals surface area contributed by atoms with Crippen molar-refractivity contribution in [2.24, 2.45) is 5.73 Å². The van der Waals surface area contributed by atoms with Crippen molar-refractivity contribution in [3.05, 3.63) is 18.2 Å². The standard InChI is InChI=1S/C18H30N6O6S2/c1-9(25)14(18(29)30)24-16(27)12(3-4-32-2)22-17(28)13(7-31)23-15(26)11(19)5-10-6-20-8-21-10/h6,8-9,11-14,25,31H,3-5,7,19H2,1-2H3,(H,20,21)(H,22,28)(H,23,26)(H,24,27)(H,29,30). The Bertz CT molecular complexity index is 763. The third-order valence-electron chi connectivity index (χ3n) is 4.44. The van der Waals surface area contributed by atoms with Crippen LogP contribution in [0.4, 0.5) is 0 Å². The predicted molar refractivity (Wildman–Crippen MR) is 122 cm³/mol. The molecule has 3 amide bonds. The molecule has 14 heteroatoms. The lowest BCUT2D eigenvalue weighted by Crippen LogP contribution is -2.58. The molecular formula is C18H30N6O6S2. The zero-order valence-electron chi connectivity index (χ0n) is 17.8. The van der Waals surface area contributed by atoms with Crippen LogP contribution >= 0.6 is 24.4 Å². The highest BCUT2D eigenvalue weighted by Crippen LogP contribution is 2.05. The summed E-state index contributed by atoms with van der Waals surface area (Å²) in [6, 6.07) is -4.62. The molecule has 0 saturated heterocycles. The molecule has 0 radical (unpaired) electrons. The molecule has 1 rings (SSSR count). The van der Waals surface area contributed by atoms with Gasteiger partial charge in [0.05, 0.1) is 18.5 Å². The molecule has 0 spiro atoms. The molecule has 0 aliphatic rings. The number of aliphatic hydroxyl groups is 1. The number of hydrogen-bond donors (Lipinski definition) is 8. The summed E-state index contributed by atoms with van der Waals surface area (Å²) in [5.74, 6) is -2.99. The number of nitrogens with two attached hydrogens (primary N) is 1. The van der Waals surface area contributed by atoms with Crippen LogP contribution in [-0.2, 0) is 25.6 Å². The molecule has 0 aliphatic heterocycles. The van der Waals surface area contributed by atoms with Gasteiger partial charge >= 0.3 is 5.97 Å². The number of rotatable bonds is 14. The van der Waals surface area contributed by atoms with Crippen molar-refractivity contribution in [3.8, 4) is 0 Å². The van der Waals surface area contributed by atoms with Crippen molar-refractivity contribution in [3.63, 3.8) is 0 Å². The molecule has 8 N–H and O–H groups in total. The minimum atomic E-state index is -1.53. The molecule has 1 aromatic rings. The second kappa shape index (κ2) is 14.0. The molecule has 5 unspecified atom stereocenters. The van der Waals surface area contributed by atoms with E-state index in [-0.39, 0.29) is 18.6 Å². The quantitative estimate of drug-likeness (QED) is 0.134. The van der Waals surface area contributed by atoms with Gasteiger partial charge in [-0.1, -0.05) is 0 Å². The Kier molecular flexibility index (Phi) is 12.1. The van der Waals surface area contributed by atoms with Crippen LogP contribution in [0.3, 0.4) is 0 Å². The van der Waals surface area contributed by atoms with Gasteiger partial charge in [0.15, 0.2) is 6.04 Å². The van der Waals surface area contributed by atoms with E-state index in [0.29, 0.717) is 11.4 Å². The number of thiol groups is 1. The minimum Gasteiger partial charge on any atom is -0.480 e. The third kappa shape index (κ3) is 9.06. The van der Waals surface area contributed by atoms with Crippen molar-refractivity contribution in [1.82, 2.24) is 25.9 Å². The molecule has 0 fully saturated rings. The van der Waals surface area contributed by atoms with Crippen molar-refractivity contribution in [1.29, 1.82) is 0 Å². The summed E-state index contributed by atoms with van der Waals surface area (Å²) in [6.45, 7) is 1.23. The highest BCUT2D eigenvalue weighted by Gasteiger charge is 2.31. The van der Waals surface area contributed by atoms with Gasteiger partial charge in [0.2, 0.25) is 17.7 Å². The Morgan fingerprint density at radius 2 is 1.81 bits per heavy atom. The lowest BCUT2D eigenvalue weighted by molar-refractivity contribution is -0.145. The SMILES string of the molecule is CSCCC(NC(=O)C(CS)NC(=O)C(N)Cc1cnc[nH]1)C(=O)NC(C(=O)O)C(C)O. The molecule has 0 aliphatic carbocycles. The van der Waals surface area contributed by atoms with Crippen LogP contribution in [-0.4, -0.2) is 91.9 Å². The second-order valence-corrected chi connectivity index (χ2v) is 8.39. The first kappa shape index (κ1) is 27.7. The maximum atomic E-state index is 12.7. The van der Waals surface area contributed by atoms with Crippen LogP contribution in [0.2, 0.25) is 0 Å². The number of H-pyrrole nitrogens is 1. The van der Waals surface area contributed by atoms with Crippen LogP contribution in [0.5, 0.6) is 0 Å². The van der Waals surface area contributed by atoms with Crippen LogP contribution in [0.25, 0.3) is 0 Å². The number of amides is 3. The van der Waals surface area contributed by atoms with Crippen LogP contribution in [0.15, 0.2) is 12.5 Å². The number of nitrogens with zero attached hydrogens (tertiary/aromatic N) is 1. The van der Waals surface area contributed by atoms with Crippen LogP contribution < -0.4 is 21.7 Å². The molecule has 0 aromatic carbocycles. The van der Waals surface area contributed by atoms with Gasteiger partial charge in [0.1, 0.15) is 12.1 Å². The van der Waals surface area contributed by atoms with E-state index in [9.17, 15) is 24.3 Å². The van der Waals surface area contributed by atoms with Gasteiger partial charge in [-0.2, -0.15) is 24.4 Å². The first-order valence-electron chi connectivity index (χ1n) is 9.75. The molecule has 12 nitrogen and oxygen atoms in total. The average molecular weight is 491 g/mol. The average Bonchev–Trinajstić information content (AvgIpc) is 3.24. The maximum absolute atomic E-state index is 12.7. The summed E-state index contributed by atoms with van der Waals surface area (Å²) < 4.78 is 0. The Hall–Kier alpha value is -2.29. The van der Waals surface area contributed by atoms with Crippen molar-refractivity contribution < 1.29 is 29.4 Å². The highest BCUT2D eigenvalue weighted by atomic mass is 32.2. The summed E-state index contributed by atoms with van der Waals surface area (Å²) in [7, 11) is 0. The lowest BCUT2D eigenvalue weighted by Gasteiger charge is -2.25.